The molecule has 0 amide bonds. The molecular weight excluding hydrogens is 404 g/mol. The fourth-order valence-corrected chi connectivity index (χ4v) is 3.21. The van der Waals surface area contributed by atoms with E-state index in [2.05, 4.69) is 5.32 Å². The molecule has 7 nitrogen and oxygen atoms in total. The molecule has 146 valence electrons. The molecule has 1 heterocycles. The zero-order valence-electron chi connectivity index (χ0n) is 14.9. The number of aryl methyl sites for hydroxylation is 1. The first-order chi connectivity index (χ1) is 13.2. The molecule has 28 heavy (non-hydrogen) atoms. The lowest BCUT2D eigenvalue weighted by Gasteiger charge is -2.07. The Labute approximate surface area is 167 Å². The number of para-hydroxylation sites is 1. The molecule has 0 spiro atoms. The number of hydrogen-bond donors (Lipinski definition) is 1. The minimum atomic E-state index is -4.44. The first-order valence-electron chi connectivity index (χ1n) is 8.33. The predicted molar refractivity (Wildman–Crippen MR) is 105 cm³/mol. The zero-order chi connectivity index (χ0) is 20.3. The smallest absolute Gasteiger partial charge is 0.376 e. The van der Waals surface area contributed by atoms with E-state index in [1.165, 1.54) is 17.6 Å². The molecule has 0 saturated carbocycles. The molecule has 1 N–H and O–H groups in total. The van der Waals surface area contributed by atoms with Crippen molar-refractivity contribution in [2.75, 3.05) is 11.1 Å². The summed E-state index contributed by atoms with van der Waals surface area (Å²) in [5.41, 5.74) is 1.92. The molecule has 0 fully saturated rings. The highest BCUT2D eigenvalue weighted by Gasteiger charge is 2.23. The quantitative estimate of drug-likeness (QED) is 0.358. The number of nitrogens with one attached hydrogen (secondary N) is 1. The first kappa shape index (κ1) is 20.1. The van der Waals surface area contributed by atoms with E-state index in [1.807, 2.05) is 18.2 Å². The van der Waals surface area contributed by atoms with Gasteiger partial charge in [0.25, 0.3) is 5.52 Å². The molecular formula is C19H17ClN2O5S. The monoisotopic (exact) mass is 420 g/mol. The van der Waals surface area contributed by atoms with Gasteiger partial charge >= 0.3 is 5.89 Å². The summed E-state index contributed by atoms with van der Waals surface area (Å²) >= 11 is 6.04. The number of halogens is 1. The minimum absolute atomic E-state index is 0.137. The van der Waals surface area contributed by atoms with Crippen LogP contribution in [0.3, 0.4) is 0 Å². The van der Waals surface area contributed by atoms with Crippen LogP contribution in [0.1, 0.15) is 12.8 Å². The Kier molecular flexibility index (Phi) is 5.83. The Bertz CT molecular complexity index is 1150. The number of carbonyl (C=O) groups excluding carboxylic acids is 1. The number of rotatable bonds is 7. The van der Waals surface area contributed by atoms with Crippen LogP contribution in [-0.4, -0.2) is 24.5 Å². The van der Waals surface area contributed by atoms with Crippen molar-refractivity contribution in [3.8, 4) is 0 Å². The molecule has 9 heteroatoms. The number of benzene rings is 2. The van der Waals surface area contributed by atoms with Gasteiger partial charge in [0.15, 0.2) is 12.3 Å². The van der Waals surface area contributed by atoms with Crippen LogP contribution < -0.4 is 9.88 Å². The lowest BCUT2D eigenvalue weighted by Crippen LogP contribution is -2.39. The van der Waals surface area contributed by atoms with Crippen molar-refractivity contribution in [1.82, 2.24) is 0 Å². The summed E-state index contributed by atoms with van der Waals surface area (Å²) in [6, 6.07) is 14.0. The summed E-state index contributed by atoms with van der Waals surface area (Å²) in [6.07, 6.45) is 1.47. The van der Waals surface area contributed by atoms with Gasteiger partial charge in [-0.15, -0.1) is 0 Å². The number of ketones is 1. The molecule has 2 aromatic carbocycles. The van der Waals surface area contributed by atoms with E-state index in [0.29, 0.717) is 21.8 Å². The van der Waals surface area contributed by atoms with Gasteiger partial charge in [0, 0.05) is 23.7 Å². The molecule has 3 aromatic rings. The van der Waals surface area contributed by atoms with Gasteiger partial charge in [-0.1, -0.05) is 29.8 Å². The summed E-state index contributed by atoms with van der Waals surface area (Å²) in [7, 11) is -4.44. The van der Waals surface area contributed by atoms with Crippen molar-refractivity contribution in [3.05, 3.63) is 65.1 Å². The van der Waals surface area contributed by atoms with E-state index in [9.17, 15) is 17.8 Å². The van der Waals surface area contributed by atoms with E-state index in [4.69, 9.17) is 16.0 Å². The molecule has 0 aliphatic heterocycles. The Morgan fingerprint density at radius 1 is 1.25 bits per heavy atom. The third-order valence-electron chi connectivity index (χ3n) is 3.96. The van der Waals surface area contributed by atoms with E-state index < -0.39 is 15.9 Å². The summed E-state index contributed by atoms with van der Waals surface area (Å²) in [5, 5.41) is 3.44. The van der Waals surface area contributed by atoms with E-state index in [0.717, 1.165) is 0 Å². The molecule has 3 rings (SSSR count). The van der Waals surface area contributed by atoms with Crippen molar-refractivity contribution < 1.29 is 26.7 Å². The van der Waals surface area contributed by atoms with Crippen LogP contribution in [-0.2, 0) is 21.5 Å². The molecule has 0 bridgehead atoms. The maximum atomic E-state index is 12.1. The predicted octanol–water partition coefficient (Wildman–Crippen LogP) is 2.96. The second kappa shape index (κ2) is 8.14. The molecule has 0 aliphatic carbocycles. The number of nitrogens with zero attached hydrogens (tertiary/aromatic N) is 1. The standard InChI is InChI=1S/C19H17ClN2O5S/c1-13(23)16(21-15-5-3-2-4-6-15)12-19-22(9-10-28(24,25)26)17-11-14(20)7-8-18(17)27-19/h2-8,11-12H,9-10H2,1H3,(H,24,25,26). The Hall–Kier alpha value is -2.68. The average Bonchev–Trinajstić information content (AvgIpc) is 2.96. The Morgan fingerprint density at radius 2 is 1.96 bits per heavy atom. The van der Waals surface area contributed by atoms with Crippen molar-refractivity contribution in [1.29, 1.82) is 0 Å². The summed E-state index contributed by atoms with van der Waals surface area (Å²) < 4.78 is 40.6. The molecule has 0 radical (unpaired) electrons. The van der Waals surface area contributed by atoms with Crippen LogP contribution >= 0.6 is 11.6 Å². The lowest BCUT2D eigenvalue weighted by atomic mass is 10.2. The zero-order valence-corrected chi connectivity index (χ0v) is 16.5. The third kappa shape index (κ3) is 4.98. The molecule has 0 atom stereocenters. The second-order valence-electron chi connectivity index (χ2n) is 6.07. The lowest BCUT2D eigenvalue weighted by molar-refractivity contribution is -0.673. The van der Waals surface area contributed by atoms with E-state index in [1.54, 1.807) is 30.3 Å². The number of fused-ring (bicyclic) bond motifs is 1. The maximum Gasteiger partial charge on any atom is 0.376 e. The van der Waals surface area contributed by atoms with Gasteiger partial charge in [0.1, 0.15) is 10.1 Å². The molecule has 0 unspecified atom stereocenters. The van der Waals surface area contributed by atoms with Gasteiger partial charge in [-0.05, 0) is 24.3 Å². The van der Waals surface area contributed by atoms with Gasteiger partial charge in [-0.3, -0.25) is 4.79 Å². The van der Waals surface area contributed by atoms with E-state index in [-0.39, 0.29) is 23.9 Å². The summed E-state index contributed by atoms with van der Waals surface area (Å²) in [4.78, 5) is 12.1. The minimum Gasteiger partial charge on any atom is -0.748 e. The molecule has 1 aromatic heterocycles. The molecule has 0 aliphatic rings. The first-order valence-corrected chi connectivity index (χ1v) is 10.3. The van der Waals surface area contributed by atoms with Gasteiger partial charge in [0.2, 0.25) is 5.58 Å². The summed E-state index contributed by atoms with van der Waals surface area (Å²) in [6.45, 7) is 1.26. The Balaban J connectivity index is 2.08. The van der Waals surface area contributed by atoms with Crippen LogP contribution in [0.15, 0.2) is 58.6 Å². The van der Waals surface area contributed by atoms with Crippen molar-refractivity contribution >= 4 is 50.4 Å². The average molecular weight is 421 g/mol. The second-order valence-corrected chi connectivity index (χ2v) is 8.03. The highest BCUT2D eigenvalue weighted by Crippen LogP contribution is 2.21. The van der Waals surface area contributed by atoms with Crippen molar-refractivity contribution in [2.24, 2.45) is 0 Å². The third-order valence-corrected chi connectivity index (χ3v) is 4.87. The number of Topliss-reactive ketones (excluding diaryl/α,β-unsaturated/α-hetero) is 1. The summed E-state index contributed by atoms with van der Waals surface area (Å²) in [5.74, 6) is -0.652. The number of aromatic nitrogens is 1. The maximum absolute atomic E-state index is 12.1. The van der Waals surface area contributed by atoms with Crippen LogP contribution in [0.5, 0.6) is 0 Å². The highest BCUT2D eigenvalue weighted by atomic mass is 35.5. The van der Waals surface area contributed by atoms with Gasteiger partial charge in [-0.25, -0.2) is 8.42 Å². The van der Waals surface area contributed by atoms with Gasteiger partial charge < -0.3 is 14.3 Å². The Morgan fingerprint density at radius 3 is 2.61 bits per heavy atom. The van der Waals surface area contributed by atoms with Crippen LogP contribution in [0.2, 0.25) is 5.02 Å². The van der Waals surface area contributed by atoms with Gasteiger partial charge in [-0.2, -0.15) is 4.57 Å². The topological polar surface area (TPSA) is 103 Å². The highest BCUT2D eigenvalue weighted by molar-refractivity contribution is 7.85. The van der Waals surface area contributed by atoms with Crippen molar-refractivity contribution in [2.45, 2.75) is 13.5 Å². The normalized spacial score (nSPS) is 12.3. The fourth-order valence-electron chi connectivity index (χ4n) is 2.64. The SMILES string of the molecule is CC(=O)C(=Cc1oc2ccc(Cl)cc2[n+]1CCS(=O)(=O)[O-])Nc1ccccc1. The van der Waals surface area contributed by atoms with E-state index >= 15 is 0 Å². The number of hydrogen-bond acceptors (Lipinski definition) is 6. The van der Waals surface area contributed by atoms with Gasteiger partial charge in [0.05, 0.1) is 17.5 Å². The van der Waals surface area contributed by atoms with Crippen LogP contribution in [0, 0.1) is 0 Å². The number of anilines is 1. The fraction of sp³-hybridized carbons (Fsp3) is 0.158. The molecule has 0 saturated heterocycles. The van der Waals surface area contributed by atoms with Crippen LogP contribution in [0.25, 0.3) is 17.2 Å². The van der Waals surface area contributed by atoms with Crippen molar-refractivity contribution in [3.63, 3.8) is 0 Å². The largest absolute Gasteiger partial charge is 0.748 e. The van der Waals surface area contributed by atoms with Crippen LogP contribution in [0.4, 0.5) is 5.69 Å². The number of oxazole rings is 1. The number of carbonyl (C=O) groups is 1. The number of allylic oxidation sites excluding steroid dienone is 1.